The van der Waals surface area contributed by atoms with Crippen molar-refractivity contribution in [2.45, 2.75) is 26.8 Å². The number of methoxy groups -OCH3 is 1. The summed E-state index contributed by atoms with van der Waals surface area (Å²) in [5.41, 5.74) is 10.2. The minimum absolute atomic E-state index is 0.795. The summed E-state index contributed by atoms with van der Waals surface area (Å²) in [6.07, 6.45) is 1.10. The van der Waals surface area contributed by atoms with Crippen molar-refractivity contribution in [1.29, 1.82) is 0 Å². The van der Waals surface area contributed by atoms with Crippen LogP contribution in [0.3, 0.4) is 0 Å². The van der Waals surface area contributed by atoms with E-state index < -0.39 is 0 Å². The van der Waals surface area contributed by atoms with Crippen molar-refractivity contribution < 1.29 is 4.74 Å². The molecular formula is C18H24N2O. The van der Waals surface area contributed by atoms with Crippen LogP contribution in [0.4, 0.5) is 11.4 Å². The van der Waals surface area contributed by atoms with Crippen LogP contribution in [-0.2, 0) is 6.54 Å². The zero-order valence-electron chi connectivity index (χ0n) is 13.1. The van der Waals surface area contributed by atoms with Gasteiger partial charge in [0.25, 0.3) is 0 Å². The molecule has 0 aliphatic rings. The Balaban J connectivity index is 2.27. The van der Waals surface area contributed by atoms with Crippen molar-refractivity contribution in [1.82, 2.24) is 0 Å². The highest BCUT2D eigenvalue weighted by molar-refractivity contribution is 5.54. The quantitative estimate of drug-likeness (QED) is 0.815. The number of nitrogens with zero attached hydrogens (tertiary/aromatic N) is 1. The predicted molar refractivity (Wildman–Crippen MR) is 89.9 cm³/mol. The molecule has 0 aromatic heterocycles. The van der Waals surface area contributed by atoms with E-state index in [1.165, 1.54) is 16.8 Å². The highest BCUT2D eigenvalue weighted by atomic mass is 16.5. The van der Waals surface area contributed by atoms with E-state index >= 15 is 0 Å². The van der Waals surface area contributed by atoms with Crippen molar-refractivity contribution in [2.24, 2.45) is 0 Å². The Morgan fingerprint density at radius 3 is 2.43 bits per heavy atom. The van der Waals surface area contributed by atoms with Crippen molar-refractivity contribution in [3.8, 4) is 5.75 Å². The first-order valence-corrected chi connectivity index (χ1v) is 7.38. The average Bonchev–Trinajstić information content (AvgIpc) is 2.48. The third-order valence-corrected chi connectivity index (χ3v) is 3.55. The lowest BCUT2D eigenvalue weighted by molar-refractivity contribution is 0.409. The van der Waals surface area contributed by atoms with E-state index in [4.69, 9.17) is 10.5 Å². The molecule has 0 bridgehead atoms. The van der Waals surface area contributed by atoms with Gasteiger partial charge in [0.15, 0.2) is 0 Å². The molecule has 0 unspecified atom stereocenters. The summed E-state index contributed by atoms with van der Waals surface area (Å²) in [7, 11) is 1.72. The molecule has 0 saturated carbocycles. The Bertz CT molecular complexity index is 578. The molecule has 0 aliphatic heterocycles. The summed E-state index contributed by atoms with van der Waals surface area (Å²) in [6, 6.07) is 14.4. The molecule has 2 aromatic rings. The molecular weight excluding hydrogens is 260 g/mol. The maximum atomic E-state index is 5.78. The fourth-order valence-corrected chi connectivity index (χ4v) is 2.49. The lowest BCUT2D eigenvalue weighted by Crippen LogP contribution is -2.23. The van der Waals surface area contributed by atoms with Gasteiger partial charge >= 0.3 is 0 Å². The molecule has 0 saturated heterocycles. The number of anilines is 2. The molecule has 2 aromatic carbocycles. The average molecular weight is 284 g/mol. The molecule has 2 rings (SSSR count). The molecule has 2 N–H and O–H groups in total. The van der Waals surface area contributed by atoms with E-state index in [-0.39, 0.29) is 0 Å². The highest BCUT2D eigenvalue weighted by Crippen LogP contribution is 2.25. The number of aryl methyl sites for hydroxylation is 1. The maximum Gasteiger partial charge on any atom is 0.123 e. The Kier molecular flexibility index (Phi) is 5.09. The summed E-state index contributed by atoms with van der Waals surface area (Å²) >= 11 is 0. The molecule has 0 aliphatic carbocycles. The third kappa shape index (κ3) is 3.91. The predicted octanol–water partition coefficient (Wildman–Crippen LogP) is 4.00. The van der Waals surface area contributed by atoms with Gasteiger partial charge < -0.3 is 15.4 Å². The minimum atomic E-state index is 0.795. The SMILES string of the molecule is CCCN(Cc1cc(C)ccc1OC)c1ccc(N)cc1. The van der Waals surface area contributed by atoms with Gasteiger partial charge in [-0.25, -0.2) is 0 Å². The summed E-state index contributed by atoms with van der Waals surface area (Å²) in [5.74, 6) is 0.942. The summed E-state index contributed by atoms with van der Waals surface area (Å²) in [6.45, 7) is 6.14. The second-order valence-corrected chi connectivity index (χ2v) is 5.33. The van der Waals surface area contributed by atoms with Gasteiger partial charge in [-0.05, 0) is 43.7 Å². The Hall–Kier alpha value is -2.16. The summed E-state index contributed by atoms with van der Waals surface area (Å²) < 4.78 is 5.49. The van der Waals surface area contributed by atoms with Crippen LogP contribution in [0.25, 0.3) is 0 Å². The lowest BCUT2D eigenvalue weighted by Gasteiger charge is -2.25. The van der Waals surface area contributed by atoms with E-state index in [0.717, 1.165) is 30.9 Å². The Labute approximate surface area is 127 Å². The van der Waals surface area contributed by atoms with Crippen LogP contribution < -0.4 is 15.4 Å². The molecule has 0 spiro atoms. The second kappa shape index (κ2) is 7.02. The fourth-order valence-electron chi connectivity index (χ4n) is 2.49. The Morgan fingerprint density at radius 2 is 1.81 bits per heavy atom. The van der Waals surface area contributed by atoms with Crippen LogP contribution in [0, 0.1) is 6.92 Å². The van der Waals surface area contributed by atoms with Gasteiger partial charge in [-0.1, -0.05) is 24.6 Å². The first-order chi connectivity index (χ1) is 10.1. The molecule has 0 fully saturated rings. The summed E-state index contributed by atoms with van der Waals surface area (Å²) in [5, 5.41) is 0. The lowest BCUT2D eigenvalue weighted by atomic mass is 10.1. The third-order valence-electron chi connectivity index (χ3n) is 3.55. The molecule has 0 amide bonds. The minimum Gasteiger partial charge on any atom is -0.496 e. The molecule has 112 valence electrons. The molecule has 21 heavy (non-hydrogen) atoms. The first kappa shape index (κ1) is 15.2. The van der Waals surface area contributed by atoms with E-state index in [0.29, 0.717) is 0 Å². The number of nitrogens with two attached hydrogens (primary N) is 1. The summed E-state index contributed by atoms with van der Waals surface area (Å²) in [4.78, 5) is 2.36. The highest BCUT2D eigenvalue weighted by Gasteiger charge is 2.10. The smallest absolute Gasteiger partial charge is 0.123 e. The monoisotopic (exact) mass is 284 g/mol. The first-order valence-electron chi connectivity index (χ1n) is 7.38. The van der Waals surface area contributed by atoms with Crippen LogP contribution >= 0.6 is 0 Å². The van der Waals surface area contributed by atoms with Crippen LogP contribution in [0.1, 0.15) is 24.5 Å². The molecule has 3 heteroatoms. The molecule has 3 nitrogen and oxygen atoms in total. The second-order valence-electron chi connectivity index (χ2n) is 5.33. The van der Waals surface area contributed by atoms with E-state index in [9.17, 15) is 0 Å². The number of rotatable bonds is 6. The van der Waals surface area contributed by atoms with Crippen LogP contribution in [0.5, 0.6) is 5.75 Å². The van der Waals surface area contributed by atoms with Gasteiger partial charge in [0.05, 0.1) is 7.11 Å². The number of benzene rings is 2. The number of hydrogen-bond donors (Lipinski definition) is 1. The Morgan fingerprint density at radius 1 is 1.10 bits per heavy atom. The zero-order valence-corrected chi connectivity index (χ0v) is 13.1. The molecule has 0 heterocycles. The van der Waals surface area contributed by atoms with Crippen LogP contribution in [0.15, 0.2) is 42.5 Å². The van der Waals surface area contributed by atoms with Crippen molar-refractivity contribution >= 4 is 11.4 Å². The van der Waals surface area contributed by atoms with Gasteiger partial charge in [-0.3, -0.25) is 0 Å². The van der Waals surface area contributed by atoms with Gasteiger partial charge in [-0.2, -0.15) is 0 Å². The maximum absolute atomic E-state index is 5.78. The van der Waals surface area contributed by atoms with Gasteiger partial charge in [0, 0.05) is 30.0 Å². The fraction of sp³-hybridized carbons (Fsp3) is 0.333. The van der Waals surface area contributed by atoms with Gasteiger partial charge in [-0.15, -0.1) is 0 Å². The number of ether oxygens (including phenoxy) is 1. The largest absolute Gasteiger partial charge is 0.496 e. The number of hydrogen-bond acceptors (Lipinski definition) is 3. The van der Waals surface area contributed by atoms with Crippen LogP contribution in [-0.4, -0.2) is 13.7 Å². The normalized spacial score (nSPS) is 10.4. The van der Waals surface area contributed by atoms with Crippen LogP contribution in [0.2, 0.25) is 0 Å². The van der Waals surface area contributed by atoms with Gasteiger partial charge in [0.2, 0.25) is 0 Å². The zero-order chi connectivity index (χ0) is 15.2. The van der Waals surface area contributed by atoms with E-state index in [1.54, 1.807) is 7.11 Å². The van der Waals surface area contributed by atoms with Gasteiger partial charge in [0.1, 0.15) is 5.75 Å². The van der Waals surface area contributed by atoms with Crippen molar-refractivity contribution in [2.75, 3.05) is 24.3 Å². The van der Waals surface area contributed by atoms with Crippen molar-refractivity contribution in [3.05, 3.63) is 53.6 Å². The topological polar surface area (TPSA) is 38.5 Å². The molecule has 0 radical (unpaired) electrons. The standard InChI is InChI=1S/C18H24N2O/c1-4-11-20(17-8-6-16(19)7-9-17)13-15-12-14(2)5-10-18(15)21-3/h5-10,12H,4,11,13,19H2,1-3H3. The molecule has 0 atom stereocenters. The van der Waals surface area contributed by atoms with Crippen molar-refractivity contribution in [3.63, 3.8) is 0 Å². The van der Waals surface area contributed by atoms with E-state index in [1.807, 2.05) is 18.2 Å². The van der Waals surface area contributed by atoms with E-state index in [2.05, 4.69) is 43.0 Å². The number of nitrogen functional groups attached to an aromatic ring is 1.